The molecule has 0 saturated heterocycles. The number of rotatable bonds is 5. The molecule has 2 aromatic rings. The molecule has 2 rings (SSSR count). The molecule has 0 aliphatic carbocycles. The molecule has 1 atom stereocenters. The molecule has 1 amide bonds. The third kappa shape index (κ3) is 4.07. The predicted molar refractivity (Wildman–Crippen MR) is 88.6 cm³/mol. The summed E-state index contributed by atoms with van der Waals surface area (Å²) in [4.78, 5) is 12.2. The predicted octanol–water partition coefficient (Wildman–Crippen LogP) is 4.39. The Morgan fingerprint density at radius 1 is 1.00 bits per heavy atom. The molecule has 0 spiro atoms. The molecule has 3 nitrogen and oxygen atoms in total. The number of amides is 1. The van der Waals surface area contributed by atoms with E-state index in [-0.39, 0.29) is 11.7 Å². The topological polar surface area (TPSA) is 41.1 Å². The molecule has 4 heteroatoms. The van der Waals surface area contributed by atoms with Gasteiger partial charge >= 0.3 is 0 Å². The zero-order valence-corrected chi connectivity index (χ0v) is 13.1. The number of carbonyl (C=O) groups excluding carboxylic acids is 1. The average molecular weight is 300 g/mol. The van der Waals surface area contributed by atoms with E-state index in [0.717, 1.165) is 5.69 Å². The Morgan fingerprint density at radius 2 is 1.64 bits per heavy atom. The van der Waals surface area contributed by atoms with E-state index >= 15 is 0 Å². The van der Waals surface area contributed by atoms with Crippen LogP contribution in [0.2, 0.25) is 0 Å². The van der Waals surface area contributed by atoms with Gasteiger partial charge in [0.2, 0.25) is 5.91 Å². The Labute approximate surface area is 130 Å². The van der Waals surface area contributed by atoms with E-state index in [1.807, 2.05) is 18.2 Å². The van der Waals surface area contributed by atoms with Crippen molar-refractivity contribution in [2.45, 2.75) is 32.7 Å². The highest BCUT2D eigenvalue weighted by molar-refractivity contribution is 5.96. The second kappa shape index (κ2) is 7.07. The van der Waals surface area contributed by atoms with Crippen molar-refractivity contribution in [2.75, 3.05) is 10.6 Å². The van der Waals surface area contributed by atoms with Crippen LogP contribution in [0.3, 0.4) is 0 Å². The van der Waals surface area contributed by atoms with Gasteiger partial charge < -0.3 is 10.6 Å². The maximum absolute atomic E-state index is 12.9. The van der Waals surface area contributed by atoms with E-state index in [9.17, 15) is 9.18 Å². The molecular formula is C18H21FN2O. The number of benzene rings is 2. The van der Waals surface area contributed by atoms with Gasteiger partial charge in [0.25, 0.3) is 0 Å². The first-order valence-corrected chi connectivity index (χ1v) is 7.39. The molecule has 0 radical (unpaired) electrons. The highest BCUT2D eigenvalue weighted by Gasteiger charge is 2.15. The molecule has 0 aliphatic rings. The van der Waals surface area contributed by atoms with Crippen molar-refractivity contribution in [3.63, 3.8) is 0 Å². The van der Waals surface area contributed by atoms with Crippen molar-refractivity contribution in [1.29, 1.82) is 0 Å². The first kappa shape index (κ1) is 16.0. The number of nitrogens with one attached hydrogen (secondary N) is 2. The van der Waals surface area contributed by atoms with Gasteiger partial charge in [-0.1, -0.05) is 32.0 Å². The third-order valence-corrected chi connectivity index (χ3v) is 3.46. The number of halogens is 1. The molecule has 22 heavy (non-hydrogen) atoms. The monoisotopic (exact) mass is 300 g/mol. The van der Waals surface area contributed by atoms with Gasteiger partial charge in [-0.25, -0.2) is 4.39 Å². The number of para-hydroxylation sites is 1. The van der Waals surface area contributed by atoms with Crippen molar-refractivity contribution in [3.8, 4) is 0 Å². The Bertz CT molecular complexity index is 638. The summed E-state index contributed by atoms with van der Waals surface area (Å²) in [6.07, 6.45) is 0. The van der Waals surface area contributed by atoms with Crippen LogP contribution in [-0.4, -0.2) is 11.9 Å². The molecule has 0 fully saturated rings. The van der Waals surface area contributed by atoms with Crippen LogP contribution >= 0.6 is 0 Å². The molecule has 116 valence electrons. The molecule has 2 N–H and O–H groups in total. The zero-order valence-electron chi connectivity index (χ0n) is 13.1. The number of anilines is 2. The average Bonchev–Trinajstić information content (AvgIpc) is 2.49. The fraction of sp³-hybridized carbons (Fsp3) is 0.278. The molecule has 0 heterocycles. The summed E-state index contributed by atoms with van der Waals surface area (Å²) in [6, 6.07) is 13.3. The lowest BCUT2D eigenvalue weighted by atomic mass is 10.0. The summed E-state index contributed by atoms with van der Waals surface area (Å²) in [5, 5.41) is 6.01. The van der Waals surface area contributed by atoms with E-state index in [4.69, 9.17) is 0 Å². The van der Waals surface area contributed by atoms with E-state index in [1.165, 1.54) is 17.7 Å². The summed E-state index contributed by atoms with van der Waals surface area (Å²) in [5.41, 5.74) is 2.71. The van der Waals surface area contributed by atoms with E-state index < -0.39 is 6.04 Å². The molecular weight excluding hydrogens is 279 g/mol. The number of carbonyl (C=O) groups is 1. The fourth-order valence-electron chi connectivity index (χ4n) is 2.21. The van der Waals surface area contributed by atoms with Crippen LogP contribution in [-0.2, 0) is 4.79 Å². The van der Waals surface area contributed by atoms with Crippen molar-refractivity contribution < 1.29 is 9.18 Å². The standard InChI is InChI=1S/C18H21FN2O/c1-12(2)16-6-4-5-7-17(16)20-13(3)18(22)21-15-10-8-14(19)9-11-15/h4-13,20H,1-3H3,(H,21,22)/t13-/m0/s1. The minimum Gasteiger partial charge on any atom is -0.374 e. The lowest BCUT2D eigenvalue weighted by Crippen LogP contribution is -2.32. The molecule has 0 bridgehead atoms. The molecule has 0 aromatic heterocycles. The zero-order chi connectivity index (χ0) is 16.1. The Morgan fingerprint density at radius 3 is 2.27 bits per heavy atom. The van der Waals surface area contributed by atoms with Crippen LogP contribution in [0.15, 0.2) is 48.5 Å². The molecule has 0 unspecified atom stereocenters. The lowest BCUT2D eigenvalue weighted by Gasteiger charge is -2.19. The van der Waals surface area contributed by atoms with Gasteiger partial charge in [-0.2, -0.15) is 0 Å². The third-order valence-electron chi connectivity index (χ3n) is 3.46. The maximum atomic E-state index is 12.9. The highest BCUT2D eigenvalue weighted by atomic mass is 19.1. The van der Waals surface area contributed by atoms with Crippen molar-refractivity contribution in [1.82, 2.24) is 0 Å². The summed E-state index contributed by atoms with van der Waals surface area (Å²) in [7, 11) is 0. The second-order valence-electron chi connectivity index (χ2n) is 5.60. The highest BCUT2D eigenvalue weighted by Crippen LogP contribution is 2.24. The Hall–Kier alpha value is -2.36. The van der Waals surface area contributed by atoms with Gasteiger partial charge in [0, 0.05) is 11.4 Å². The minimum absolute atomic E-state index is 0.162. The van der Waals surface area contributed by atoms with Crippen molar-refractivity contribution >= 4 is 17.3 Å². The van der Waals surface area contributed by atoms with Crippen molar-refractivity contribution in [2.24, 2.45) is 0 Å². The van der Waals surface area contributed by atoms with Gasteiger partial charge in [0.15, 0.2) is 0 Å². The van der Waals surface area contributed by atoms with Crippen LogP contribution in [0.4, 0.5) is 15.8 Å². The van der Waals surface area contributed by atoms with Gasteiger partial charge in [-0.15, -0.1) is 0 Å². The van der Waals surface area contributed by atoms with E-state index in [0.29, 0.717) is 11.6 Å². The second-order valence-corrected chi connectivity index (χ2v) is 5.60. The van der Waals surface area contributed by atoms with E-state index in [2.05, 4.69) is 30.5 Å². The van der Waals surface area contributed by atoms with Gasteiger partial charge in [-0.3, -0.25) is 4.79 Å². The van der Waals surface area contributed by atoms with Gasteiger partial charge in [-0.05, 0) is 48.7 Å². The minimum atomic E-state index is -0.398. The summed E-state index contributed by atoms with van der Waals surface area (Å²) in [5.74, 6) is -0.115. The maximum Gasteiger partial charge on any atom is 0.246 e. The first-order valence-electron chi connectivity index (χ1n) is 7.39. The fourth-order valence-corrected chi connectivity index (χ4v) is 2.21. The van der Waals surface area contributed by atoms with Crippen molar-refractivity contribution in [3.05, 3.63) is 59.9 Å². The quantitative estimate of drug-likeness (QED) is 0.860. The summed E-state index contributed by atoms with van der Waals surface area (Å²) >= 11 is 0. The van der Waals surface area contributed by atoms with Crippen LogP contribution in [0.25, 0.3) is 0 Å². The number of hydrogen-bond acceptors (Lipinski definition) is 2. The Kier molecular flexibility index (Phi) is 5.15. The van der Waals surface area contributed by atoms with Crippen LogP contribution < -0.4 is 10.6 Å². The molecule has 0 saturated carbocycles. The van der Waals surface area contributed by atoms with E-state index in [1.54, 1.807) is 19.1 Å². The van der Waals surface area contributed by atoms with Gasteiger partial charge in [0.05, 0.1) is 0 Å². The van der Waals surface area contributed by atoms with Crippen LogP contribution in [0, 0.1) is 5.82 Å². The first-order chi connectivity index (χ1) is 10.5. The largest absolute Gasteiger partial charge is 0.374 e. The Balaban J connectivity index is 2.04. The molecule has 2 aromatic carbocycles. The number of hydrogen-bond donors (Lipinski definition) is 2. The normalized spacial score (nSPS) is 12.0. The summed E-state index contributed by atoms with van der Waals surface area (Å²) in [6.45, 7) is 6.03. The summed E-state index contributed by atoms with van der Waals surface area (Å²) < 4.78 is 12.9. The van der Waals surface area contributed by atoms with Crippen LogP contribution in [0.1, 0.15) is 32.3 Å². The van der Waals surface area contributed by atoms with Crippen LogP contribution in [0.5, 0.6) is 0 Å². The lowest BCUT2D eigenvalue weighted by molar-refractivity contribution is -0.116. The molecule has 0 aliphatic heterocycles. The smallest absolute Gasteiger partial charge is 0.246 e. The van der Waals surface area contributed by atoms with Gasteiger partial charge in [0.1, 0.15) is 11.9 Å². The SMILES string of the molecule is CC(C)c1ccccc1N[C@@H](C)C(=O)Nc1ccc(F)cc1.